The third kappa shape index (κ3) is 4.80. The highest BCUT2D eigenvalue weighted by atomic mass is 19.1. The topological polar surface area (TPSA) is 98.9 Å². The summed E-state index contributed by atoms with van der Waals surface area (Å²) >= 11 is 0. The molecule has 208 valence electrons. The highest BCUT2D eigenvalue weighted by molar-refractivity contribution is 6.05. The Morgan fingerprint density at radius 3 is 2.75 bits per heavy atom. The van der Waals surface area contributed by atoms with Crippen LogP contribution in [0.25, 0.3) is 22.3 Å². The molecule has 1 aromatic carbocycles. The number of rotatable bonds is 3. The summed E-state index contributed by atoms with van der Waals surface area (Å²) in [6.07, 6.45) is 6.49. The van der Waals surface area contributed by atoms with E-state index in [0.717, 1.165) is 47.4 Å². The Morgan fingerprint density at radius 1 is 1.10 bits per heavy atom. The Bertz CT molecular complexity index is 1580. The second kappa shape index (κ2) is 9.91. The second-order valence-corrected chi connectivity index (χ2v) is 11.6. The third-order valence-corrected chi connectivity index (χ3v) is 8.46. The van der Waals surface area contributed by atoms with Crippen molar-refractivity contribution in [3.8, 4) is 17.1 Å². The number of benzene rings is 1. The van der Waals surface area contributed by atoms with Crippen molar-refractivity contribution < 1.29 is 13.9 Å². The summed E-state index contributed by atoms with van der Waals surface area (Å²) in [6.45, 7) is 3.23. The van der Waals surface area contributed by atoms with Crippen LogP contribution in [0.15, 0.2) is 36.5 Å². The van der Waals surface area contributed by atoms with Crippen molar-refractivity contribution in [2.45, 2.75) is 64.2 Å². The minimum absolute atomic E-state index is 0.151. The number of carbonyl (C=O) groups is 1. The molecule has 4 heterocycles. The normalized spacial score (nSPS) is 23.2. The zero-order valence-corrected chi connectivity index (χ0v) is 22.9. The first-order chi connectivity index (χ1) is 19.4. The van der Waals surface area contributed by atoms with Crippen LogP contribution in [0.1, 0.15) is 54.6 Å². The number of nitrogens with one attached hydrogen (secondary N) is 2. The Kier molecular flexibility index (Phi) is 6.20. The lowest BCUT2D eigenvalue weighted by Gasteiger charge is -2.31. The van der Waals surface area contributed by atoms with Gasteiger partial charge in [0.05, 0.1) is 35.1 Å². The van der Waals surface area contributed by atoms with Gasteiger partial charge in [0.2, 0.25) is 11.8 Å². The molecule has 1 amide bonds. The Labute approximate surface area is 232 Å². The molecule has 3 aromatic heterocycles. The quantitative estimate of drug-likeness (QED) is 0.354. The molecule has 2 fully saturated rings. The number of pyridine rings is 1. The number of anilines is 2. The molecular weight excluding hydrogens is 509 g/mol. The Balaban J connectivity index is 1.28. The van der Waals surface area contributed by atoms with Gasteiger partial charge in [0.1, 0.15) is 6.17 Å². The summed E-state index contributed by atoms with van der Waals surface area (Å²) in [5, 5.41) is 10.9. The van der Waals surface area contributed by atoms with E-state index in [4.69, 9.17) is 9.72 Å². The van der Waals surface area contributed by atoms with Gasteiger partial charge in [0.25, 0.3) is 5.91 Å². The first kappa shape index (κ1) is 25.0. The van der Waals surface area contributed by atoms with Crippen molar-refractivity contribution in [1.29, 1.82) is 0 Å². The van der Waals surface area contributed by atoms with E-state index in [9.17, 15) is 9.18 Å². The van der Waals surface area contributed by atoms with Crippen LogP contribution in [0.5, 0.6) is 5.88 Å². The van der Waals surface area contributed by atoms with Crippen molar-refractivity contribution in [3.63, 3.8) is 0 Å². The fourth-order valence-corrected chi connectivity index (χ4v) is 6.08. The monoisotopic (exact) mass is 543 g/mol. The van der Waals surface area contributed by atoms with E-state index in [1.807, 2.05) is 26.1 Å². The van der Waals surface area contributed by atoms with Gasteiger partial charge in [-0.05, 0) is 87.6 Å². The minimum atomic E-state index is -0.713. The van der Waals surface area contributed by atoms with Crippen LogP contribution >= 0.6 is 0 Å². The van der Waals surface area contributed by atoms with E-state index < -0.39 is 6.17 Å². The van der Waals surface area contributed by atoms with Crippen molar-refractivity contribution in [2.75, 3.05) is 17.2 Å². The Hall–Kier alpha value is -3.95. The first-order valence-corrected chi connectivity index (χ1v) is 14.3. The van der Waals surface area contributed by atoms with Gasteiger partial charge in [0, 0.05) is 36.6 Å². The van der Waals surface area contributed by atoms with Crippen LogP contribution in [-0.4, -0.2) is 49.0 Å². The molecule has 4 aromatic rings. The smallest absolute Gasteiger partial charge is 0.258 e. The SMILES string of the molecule is Cc1cc2cc(n1)-c1cnn(C)c1OCCC[C@@H](C1CC1)Cn1c(nc3cc(NC4CC(F)C4)ccc31)NC2=O. The van der Waals surface area contributed by atoms with Crippen LogP contribution < -0.4 is 15.4 Å². The van der Waals surface area contributed by atoms with Crippen LogP contribution in [-0.2, 0) is 13.6 Å². The fraction of sp³-hybridized carbons (Fsp3) is 0.467. The standard InChI is InChI=1S/C30H34FN7O2/c1-17-10-20-11-25(33-17)24-15-32-37(2)29(24)40-9-3-4-19(18-5-6-18)16-38-27-8-7-22(34-23-12-21(31)13-23)14-26(27)35-30(38)36-28(20)39/h7-8,10-11,14-15,18-19,21,23,34H,3-6,9,12-13,16H2,1-2H3,(H,35,36,39)/t19-,21?,23?/m1/s1. The molecule has 40 heavy (non-hydrogen) atoms. The summed E-state index contributed by atoms with van der Waals surface area (Å²) in [7, 11) is 1.86. The molecule has 2 bridgehead atoms. The number of carbonyl (C=O) groups excluding carboxylic acids is 1. The van der Waals surface area contributed by atoms with Crippen molar-refractivity contribution in [2.24, 2.45) is 18.9 Å². The number of alkyl halides is 1. The molecule has 2 N–H and O–H groups in total. The van der Waals surface area contributed by atoms with Crippen LogP contribution in [0.4, 0.5) is 16.0 Å². The molecule has 2 saturated carbocycles. The molecule has 0 saturated heterocycles. The maximum Gasteiger partial charge on any atom is 0.258 e. The maximum atomic E-state index is 13.6. The molecule has 9 nitrogen and oxygen atoms in total. The van der Waals surface area contributed by atoms with Gasteiger partial charge < -0.3 is 14.6 Å². The van der Waals surface area contributed by atoms with E-state index in [0.29, 0.717) is 54.4 Å². The van der Waals surface area contributed by atoms with Gasteiger partial charge in [-0.2, -0.15) is 5.10 Å². The number of aryl methyl sites for hydroxylation is 2. The average Bonchev–Trinajstić information content (AvgIpc) is 3.61. The van der Waals surface area contributed by atoms with Gasteiger partial charge in [-0.3, -0.25) is 15.1 Å². The van der Waals surface area contributed by atoms with E-state index in [1.54, 1.807) is 23.0 Å². The molecule has 2 aliphatic carbocycles. The van der Waals surface area contributed by atoms with Gasteiger partial charge in [0.15, 0.2) is 0 Å². The number of amides is 1. The second-order valence-electron chi connectivity index (χ2n) is 11.6. The highest BCUT2D eigenvalue weighted by Crippen LogP contribution is 2.41. The summed E-state index contributed by atoms with van der Waals surface area (Å²) in [5.74, 6) is 2.08. The first-order valence-electron chi connectivity index (χ1n) is 14.3. The molecule has 0 unspecified atom stereocenters. The van der Waals surface area contributed by atoms with Gasteiger partial charge >= 0.3 is 0 Å². The van der Waals surface area contributed by atoms with E-state index in [-0.39, 0.29) is 11.9 Å². The van der Waals surface area contributed by atoms with Gasteiger partial charge in [-0.1, -0.05) is 0 Å². The number of imidazole rings is 1. The van der Waals surface area contributed by atoms with Gasteiger partial charge in [-0.15, -0.1) is 0 Å². The largest absolute Gasteiger partial charge is 0.477 e. The molecule has 7 rings (SSSR count). The summed E-state index contributed by atoms with van der Waals surface area (Å²) in [4.78, 5) is 23.2. The molecule has 1 aliphatic heterocycles. The number of halogens is 1. The van der Waals surface area contributed by atoms with E-state index in [2.05, 4.69) is 31.3 Å². The minimum Gasteiger partial charge on any atom is -0.477 e. The number of nitrogens with zero attached hydrogens (tertiary/aromatic N) is 5. The van der Waals surface area contributed by atoms with E-state index in [1.165, 1.54) is 12.8 Å². The summed E-state index contributed by atoms with van der Waals surface area (Å²) in [6, 6.07) is 9.81. The molecule has 0 spiro atoms. The number of hydrogen-bond donors (Lipinski definition) is 2. The summed E-state index contributed by atoms with van der Waals surface area (Å²) in [5.41, 5.74) is 5.35. The number of ether oxygens (including phenoxy) is 1. The van der Waals surface area contributed by atoms with Gasteiger partial charge in [-0.25, -0.2) is 14.1 Å². The van der Waals surface area contributed by atoms with Crippen molar-refractivity contribution >= 4 is 28.6 Å². The predicted molar refractivity (Wildman–Crippen MR) is 151 cm³/mol. The average molecular weight is 544 g/mol. The highest BCUT2D eigenvalue weighted by Gasteiger charge is 2.33. The molecular formula is C30H34FN7O2. The van der Waals surface area contributed by atoms with Crippen LogP contribution in [0, 0.1) is 18.8 Å². The maximum absolute atomic E-state index is 13.6. The summed E-state index contributed by atoms with van der Waals surface area (Å²) < 4.78 is 23.5. The molecule has 1 atom stereocenters. The van der Waals surface area contributed by atoms with Crippen molar-refractivity contribution in [1.82, 2.24) is 24.3 Å². The lowest BCUT2D eigenvalue weighted by Crippen LogP contribution is -2.36. The Morgan fingerprint density at radius 2 is 1.95 bits per heavy atom. The van der Waals surface area contributed by atoms with Crippen LogP contribution in [0.2, 0.25) is 0 Å². The number of aromatic nitrogens is 5. The van der Waals surface area contributed by atoms with E-state index >= 15 is 0 Å². The number of hydrogen-bond acceptors (Lipinski definition) is 6. The lowest BCUT2D eigenvalue weighted by atomic mass is 9.90. The zero-order chi connectivity index (χ0) is 27.4. The third-order valence-electron chi connectivity index (χ3n) is 8.46. The molecule has 10 heteroatoms. The molecule has 0 radical (unpaired) electrons. The zero-order valence-electron chi connectivity index (χ0n) is 22.9. The fourth-order valence-electron chi connectivity index (χ4n) is 6.08. The number of fused-ring (bicyclic) bond motifs is 7. The predicted octanol–water partition coefficient (Wildman–Crippen LogP) is 5.50. The molecule has 3 aliphatic rings. The lowest BCUT2D eigenvalue weighted by molar-refractivity contribution is 0.102. The van der Waals surface area contributed by atoms with Crippen LogP contribution in [0.3, 0.4) is 0 Å². The van der Waals surface area contributed by atoms with Crippen molar-refractivity contribution in [3.05, 3.63) is 47.8 Å².